The first-order valence-corrected chi connectivity index (χ1v) is 6.97. The maximum atomic E-state index is 13.7. The number of benzene rings is 2. The lowest BCUT2D eigenvalue weighted by Gasteiger charge is -2.28. The maximum Gasteiger partial charge on any atom is 0.148 e. The number of halogens is 1. The quantitative estimate of drug-likeness (QED) is 0.852. The van der Waals surface area contributed by atoms with E-state index in [-0.39, 0.29) is 5.82 Å². The largest absolute Gasteiger partial charge is 0.399 e. The Hall–Kier alpha value is -2.27. The number of morpholine rings is 1. The molecule has 1 fully saturated rings. The van der Waals surface area contributed by atoms with Crippen molar-refractivity contribution >= 4 is 22.7 Å². The number of rotatable bonds is 3. The van der Waals surface area contributed by atoms with E-state index in [0.29, 0.717) is 11.4 Å². The van der Waals surface area contributed by atoms with Gasteiger partial charge in [-0.3, -0.25) is 0 Å². The average molecular weight is 287 g/mol. The van der Waals surface area contributed by atoms with Gasteiger partial charge < -0.3 is 20.7 Å². The van der Waals surface area contributed by atoms with Crippen molar-refractivity contribution in [1.29, 1.82) is 0 Å². The van der Waals surface area contributed by atoms with E-state index in [1.54, 1.807) is 12.1 Å². The fraction of sp³-hybridized carbons (Fsp3) is 0.250. The van der Waals surface area contributed by atoms with Gasteiger partial charge >= 0.3 is 0 Å². The van der Waals surface area contributed by atoms with Crippen LogP contribution in [-0.4, -0.2) is 26.3 Å². The zero-order valence-corrected chi connectivity index (χ0v) is 11.7. The molecule has 5 heteroatoms. The predicted octanol–water partition coefficient (Wildman–Crippen LogP) is 2.99. The predicted molar refractivity (Wildman–Crippen MR) is 83.6 cm³/mol. The number of nitrogens with one attached hydrogen (secondary N) is 1. The molecule has 21 heavy (non-hydrogen) atoms. The van der Waals surface area contributed by atoms with E-state index < -0.39 is 0 Å². The normalized spacial score (nSPS) is 15.0. The summed E-state index contributed by atoms with van der Waals surface area (Å²) in [4.78, 5) is 2.27. The third-order valence-corrected chi connectivity index (χ3v) is 3.52. The summed E-state index contributed by atoms with van der Waals surface area (Å²) in [6.07, 6.45) is 0. The molecular weight excluding hydrogens is 269 g/mol. The molecule has 110 valence electrons. The van der Waals surface area contributed by atoms with Gasteiger partial charge in [0.25, 0.3) is 0 Å². The van der Waals surface area contributed by atoms with E-state index in [4.69, 9.17) is 10.5 Å². The molecule has 0 atom stereocenters. The number of nitrogen functional groups attached to an aromatic ring is 1. The third-order valence-electron chi connectivity index (χ3n) is 3.52. The first-order chi connectivity index (χ1) is 10.2. The van der Waals surface area contributed by atoms with E-state index in [1.807, 2.05) is 24.3 Å². The second kappa shape index (κ2) is 6.01. The minimum atomic E-state index is -0.354. The summed E-state index contributed by atoms with van der Waals surface area (Å²) in [6.45, 7) is 3.33. The van der Waals surface area contributed by atoms with Crippen LogP contribution >= 0.6 is 0 Å². The van der Waals surface area contributed by atoms with Gasteiger partial charge in [0, 0.05) is 30.2 Å². The van der Waals surface area contributed by atoms with Gasteiger partial charge in [-0.1, -0.05) is 0 Å². The molecule has 0 spiro atoms. The van der Waals surface area contributed by atoms with Crippen molar-refractivity contribution in [2.45, 2.75) is 0 Å². The molecule has 1 heterocycles. The Morgan fingerprint density at radius 3 is 2.43 bits per heavy atom. The smallest absolute Gasteiger partial charge is 0.148 e. The molecule has 0 unspecified atom stereocenters. The van der Waals surface area contributed by atoms with E-state index in [2.05, 4.69) is 10.2 Å². The summed E-state index contributed by atoms with van der Waals surface area (Å²) in [6, 6.07) is 12.6. The molecule has 3 N–H and O–H groups in total. The van der Waals surface area contributed by atoms with Crippen molar-refractivity contribution in [1.82, 2.24) is 0 Å². The van der Waals surface area contributed by atoms with Crippen LogP contribution in [0.25, 0.3) is 0 Å². The number of anilines is 4. The highest BCUT2D eigenvalue weighted by Crippen LogP contribution is 2.24. The van der Waals surface area contributed by atoms with Crippen LogP contribution in [0.1, 0.15) is 0 Å². The van der Waals surface area contributed by atoms with Crippen molar-refractivity contribution in [2.24, 2.45) is 0 Å². The second-order valence-electron chi connectivity index (χ2n) is 5.01. The van der Waals surface area contributed by atoms with Crippen LogP contribution in [-0.2, 0) is 4.74 Å². The number of nitrogens with two attached hydrogens (primary N) is 1. The topological polar surface area (TPSA) is 50.5 Å². The van der Waals surface area contributed by atoms with E-state index in [0.717, 1.165) is 37.7 Å². The van der Waals surface area contributed by atoms with Gasteiger partial charge in [-0.2, -0.15) is 0 Å². The lowest BCUT2D eigenvalue weighted by Crippen LogP contribution is -2.36. The summed E-state index contributed by atoms with van der Waals surface area (Å²) >= 11 is 0. The Labute approximate surface area is 123 Å². The maximum absolute atomic E-state index is 13.7. The van der Waals surface area contributed by atoms with Crippen molar-refractivity contribution in [3.8, 4) is 0 Å². The molecule has 3 rings (SSSR count). The van der Waals surface area contributed by atoms with Crippen LogP contribution in [0.3, 0.4) is 0 Å². The second-order valence-corrected chi connectivity index (χ2v) is 5.01. The van der Waals surface area contributed by atoms with Crippen molar-refractivity contribution in [3.63, 3.8) is 0 Å². The fourth-order valence-electron chi connectivity index (χ4n) is 2.37. The molecule has 1 saturated heterocycles. The molecule has 0 saturated carbocycles. The molecule has 4 nitrogen and oxygen atoms in total. The van der Waals surface area contributed by atoms with Gasteiger partial charge in [0.05, 0.1) is 18.9 Å². The van der Waals surface area contributed by atoms with Crippen LogP contribution in [0.2, 0.25) is 0 Å². The van der Waals surface area contributed by atoms with Crippen LogP contribution < -0.4 is 16.0 Å². The molecule has 2 aromatic rings. The van der Waals surface area contributed by atoms with Crippen molar-refractivity contribution < 1.29 is 9.13 Å². The number of ether oxygens (including phenoxy) is 1. The first-order valence-electron chi connectivity index (χ1n) is 6.97. The molecule has 0 aromatic heterocycles. The Balaban J connectivity index is 1.71. The number of nitrogens with zero attached hydrogens (tertiary/aromatic N) is 1. The van der Waals surface area contributed by atoms with Crippen molar-refractivity contribution in [3.05, 3.63) is 48.3 Å². The van der Waals surface area contributed by atoms with Gasteiger partial charge in [-0.05, 0) is 42.5 Å². The molecule has 0 bridgehead atoms. The number of hydrogen-bond acceptors (Lipinski definition) is 4. The Morgan fingerprint density at radius 2 is 1.76 bits per heavy atom. The SMILES string of the molecule is Nc1ccc(Nc2ccc(N3CCOCC3)cc2)c(F)c1. The Bertz CT molecular complexity index is 609. The molecule has 1 aliphatic rings. The average Bonchev–Trinajstić information content (AvgIpc) is 2.52. The minimum absolute atomic E-state index is 0.354. The molecule has 2 aromatic carbocycles. The van der Waals surface area contributed by atoms with Crippen LogP contribution in [0.15, 0.2) is 42.5 Å². The lowest BCUT2D eigenvalue weighted by atomic mass is 10.2. The van der Waals surface area contributed by atoms with E-state index >= 15 is 0 Å². The highest BCUT2D eigenvalue weighted by atomic mass is 19.1. The highest BCUT2D eigenvalue weighted by Gasteiger charge is 2.11. The van der Waals surface area contributed by atoms with Gasteiger partial charge in [0.2, 0.25) is 0 Å². The lowest BCUT2D eigenvalue weighted by molar-refractivity contribution is 0.122. The van der Waals surface area contributed by atoms with Gasteiger partial charge in [0.15, 0.2) is 0 Å². The zero-order valence-electron chi connectivity index (χ0n) is 11.7. The van der Waals surface area contributed by atoms with Crippen molar-refractivity contribution in [2.75, 3.05) is 42.3 Å². The van der Waals surface area contributed by atoms with Gasteiger partial charge in [-0.25, -0.2) is 4.39 Å². The fourth-order valence-corrected chi connectivity index (χ4v) is 2.37. The summed E-state index contributed by atoms with van der Waals surface area (Å²) in [7, 11) is 0. The van der Waals surface area contributed by atoms with Gasteiger partial charge in [0.1, 0.15) is 5.82 Å². The molecular formula is C16H18FN3O. The van der Waals surface area contributed by atoms with Crippen LogP contribution in [0, 0.1) is 5.82 Å². The summed E-state index contributed by atoms with van der Waals surface area (Å²) in [5.41, 5.74) is 8.37. The van der Waals surface area contributed by atoms with E-state index in [9.17, 15) is 4.39 Å². The third kappa shape index (κ3) is 3.25. The monoisotopic (exact) mass is 287 g/mol. The Morgan fingerprint density at radius 1 is 1.05 bits per heavy atom. The first kappa shape index (κ1) is 13.7. The number of hydrogen-bond donors (Lipinski definition) is 2. The van der Waals surface area contributed by atoms with E-state index in [1.165, 1.54) is 6.07 Å². The standard InChI is InChI=1S/C16H18FN3O/c17-15-11-12(18)1-6-16(15)19-13-2-4-14(5-3-13)20-7-9-21-10-8-20/h1-6,11,19H,7-10,18H2. The summed E-state index contributed by atoms with van der Waals surface area (Å²) in [5.74, 6) is -0.354. The van der Waals surface area contributed by atoms with Crippen LogP contribution in [0.4, 0.5) is 27.1 Å². The molecule has 0 amide bonds. The zero-order chi connectivity index (χ0) is 14.7. The summed E-state index contributed by atoms with van der Waals surface area (Å²) in [5, 5.41) is 3.06. The Kier molecular flexibility index (Phi) is 3.92. The molecule has 1 aliphatic heterocycles. The van der Waals surface area contributed by atoms with Gasteiger partial charge in [-0.15, -0.1) is 0 Å². The molecule has 0 aliphatic carbocycles. The van der Waals surface area contributed by atoms with Crippen LogP contribution in [0.5, 0.6) is 0 Å². The molecule has 0 radical (unpaired) electrons. The minimum Gasteiger partial charge on any atom is -0.399 e. The summed E-state index contributed by atoms with van der Waals surface area (Å²) < 4.78 is 19.1. The highest BCUT2D eigenvalue weighted by molar-refractivity contribution is 5.65.